The van der Waals surface area contributed by atoms with Gasteiger partial charge in [-0.3, -0.25) is 9.59 Å². The zero-order chi connectivity index (χ0) is 18.1. The average Bonchev–Trinajstić information content (AvgIpc) is 3.22. The number of hydrogen-bond donors (Lipinski definition) is 1. The fourth-order valence-electron chi connectivity index (χ4n) is 3.17. The Bertz CT molecular complexity index is 822. The van der Waals surface area contributed by atoms with Gasteiger partial charge in [-0.2, -0.15) is 4.98 Å². The second-order valence-electron chi connectivity index (χ2n) is 7.11. The van der Waals surface area contributed by atoms with Gasteiger partial charge in [-0.1, -0.05) is 32.9 Å². The van der Waals surface area contributed by atoms with Gasteiger partial charge >= 0.3 is 0 Å². The predicted molar refractivity (Wildman–Crippen MR) is 92.6 cm³/mol. The van der Waals surface area contributed by atoms with E-state index in [0.29, 0.717) is 29.5 Å². The first-order valence-corrected chi connectivity index (χ1v) is 8.76. The Morgan fingerprint density at radius 1 is 1.28 bits per heavy atom. The Morgan fingerprint density at radius 2 is 2.04 bits per heavy atom. The molecule has 1 saturated heterocycles. The van der Waals surface area contributed by atoms with Crippen molar-refractivity contribution in [3.05, 3.63) is 45.5 Å². The molecule has 2 aromatic heterocycles. The minimum absolute atomic E-state index is 0.0462. The van der Waals surface area contributed by atoms with E-state index in [1.54, 1.807) is 11.0 Å². The number of carbonyl (C=O) groups is 1. The van der Waals surface area contributed by atoms with Crippen molar-refractivity contribution in [2.24, 2.45) is 0 Å². The smallest absolute Gasteiger partial charge is 0.256 e. The van der Waals surface area contributed by atoms with E-state index in [-0.39, 0.29) is 29.3 Å². The molecule has 134 valence electrons. The molecule has 2 aromatic rings. The van der Waals surface area contributed by atoms with Crippen LogP contribution in [0.4, 0.5) is 0 Å². The molecular weight excluding hydrogens is 320 g/mol. The van der Waals surface area contributed by atoms with Crippen molar-refractivity contribution in [3.8, 4) is 0 Å². The summed E-state index contributed by atoms with van der Waals surface area (Å²) in [5.74, 6) is 1.26. The third-order valence-corrected chi connectivity index (χ3v) is 4.53. The molecule has 3 rings (SSSR count). The van der Waals surface area contributed by atoms with E-state index in [1.165, 1.54) is 6.07 Å². The van der Waals surface area contributed by atoms with E-state index >= 15 is 0 Å². The number of likely N-dealkylation sites (tertiary alicyclic amines) is 1. The molecule has 1 aliphatic heterocycles. The van der Waals surface area contributed by atoms with E-state index in [2.05, 4.69) is 15.1 Å². The first kappa shape index (κ1) is 17.4. The monoisotopic (exact) mass is 344 g/mol. The average molecular weight is 344 g/mol. The maximum atomic E-state index is 13.1. The predicted octanol–water partition coefficient (Wildman–Crippen LogP) is 2.98. The summed E-state index contributed by atoms with van der Waals surface area (Å²) in [4.78, 5) is 33.8. The van der Waals surface area contributed by atoms with Crippen LogP contribution in [-0.4, -0.2) is 32.5 Å². The first-order chi connectivity index (χ1) is 11.9. The van der Waals surface area contributed by atoms with Crippen LogP contribution >= 0.6 is 0 Å². The third-order valence-electron chi connectivity index (χ3n) is 4.53. The van der Waals surface area contributed by atoms with Crippen LogP contribution < -0.4 is 5.56 Å². The summed E-state index contributed by atoms with van der Waals surface area (Å²) in [5, 5.41) is 4.01. The minimum atomic E-state index is -0.209. The van der Waals surface area contributed by atoms with Crippen LogP contribution in [0.1, 0.15) is 86.2 Å². The quantitative estimate of drug-likeness (QED) is 0.920. The lowest BCUT2D eigenvalue weighted by Gasteiger charge is -2.23. The van der Waals surface area contributed by atoms with Crippen molar-refractivity contribution in [3.63, 3.8) is 0 Å². The zero-order valence-electron chi connectivity index (χ0n) is 15.1. The lowest BCUT2D eigenvalue weighted by Crippen LogP contribution is -2.32. The van der Waals surface area contributed by atoms with E-state index in [4.69, 9.17) is 4.52 Å². The van der Waals surface area contributed by atoms with E-state index in [0.717, 1.165) is 12.8 Å². The van der Waals surface area contributed by atoms with Crippen LogP contribution in [0.2, 0.25) is 0 Å². The SMILES string of the molecule is CC(C)c1noc([C@@H]2CCCN2C(=O)c2ccc(=O)[nH]c2C(C)C)n1. The number of carbonyl (C=O) groups excluding carboxylic acids is 1. The lowest BCUT2D eigenvalue weighted by molar-refractivity contribution is 0.0708. The summed E-state index contributed by atoms with van der Waals surface area (Å²) in [7, 11) is 0. The van der Waals surface area contributed by atoms with Crippen molar-refractivity contribution in [2.45, 2.75) is 58.4 Å². The standard InChI is InChI=1S/C18H24N4O3/c1-10(2)15-12(7-8-14(23)19-15)18(24)22-9-5-6-13(22)17-20-16(11(3)4)21-25-17/h7-8,10-11,13H,5-6,9H2,1-4H3,(H,19,23)/t13-/m0/s1. The molecule has 1 amide bonds. The van der Waals surface area contributed by atoms with Crippen molar-refractivity contribution >= 4 is 5.91 Å². The normalized spacial score (nSPS) is 17.7. The van der Waals surface area contributed by atoms with Gasteiger partial charge in [0.1, 0.15) is 6.04 Å². The first-order valence-electron chi connectivity index (χ1n) is 8.76. The van der Waals surface area contributed by atoms with Crippen LogP contribution in [0, 0.1) is 0 Å². The van der Waals surface area contributed by atoms with Crippen molar-refractivity contribution < 1.29 is 9.32 Å². The molecule has 1 N–H and O–H groups in total. The van der Waals surface area contributed by atoms with Crippen LogP contribution in [0.5, 0.6) is 0 Å². The van der Waals surface area contributed by atoms with Gasteiger partial charge in [0.25, 0.3) is 5.91 Å². The summed E-state index contributed by atoms with van der Waals surface area (Å²) in [5.41, 5.74) is 0.998. The molecule has 0 saturated carbocycles. The summed E-state index contributed by atoms with van der Waals surface area (Å²) in [6.45, 7) is 8.55. The van der Waals surface area contributed by atoms with Crippen molar-refractivity contribution in [2.75, 3.05) is 6.54 Å². The molecule has 0 aromatic carbocycles. The second-order valence-corrected chi connectivity index (χ2v) is 7.11. The molecule has 0 spiro atoms. The largest absolute Gasteiger partial charge is 0.337 e. The summed E-state index contributed by atoms with van der Waals surface area (Å²) in [6.07, 6.45) is 1.68. The molecule has 1 atom stereocenters. The number of pyridine rings is 1. The maximum Gasteiger partial charge on any atom is 0.256 e. The molecule has 0 unspecified atom stereocenters. The molecule has 0 radical (unpaired) electrons. The molecule has 7 nitrogen and oxygen atoms in total. The molecule has 7 heteroatoms. The number of aromatic amines is 1. The Morgan fingerprint density at radius 3 is 2.68 bits per heavy atom. The highest BCUT2D eigenvalue weighted by Crippen LogP contribution is 2.33. The van der Waals surface area contributed by atoms with Crippen LogP contribution in [0.3, 0.4) is 0 Å². The van der Waals surface area contributed by atoms with Gasteiger partial charge in [0.05, 0.1) is 5.56 Å². The molecule has 25 heavy (non-hydrogen) atoms. The van der Waals surface area contributed by atoms with Gasteiger partial charge in [0.2, 0.25) is 11.4 Å². The van der Waals surface area contributed by atoms with Gasteiger partial charge in [0, 0.05) is 24.2 Å². The van der Waals surface area contributed by atoms with Crippen LogP contribution in [0.15, 0.2) is 21.5 Å². The number of H-pyrrole nitrogens is 1. The third kappa shape index (κ3) is 3.36. The Kier molecular flexibility index (Phi) is 4.74. The van der Waals surface area contributed by atoms with Crippen LogP contribution in [0.25, 0.3) is 0 Å². The van der Waals surface area contributed by atoms with E-state index in [1.807, 2.05) is 27.7 Å². The van der Waals surface area contributed by atoms with Crippen molar-refractivity contribution in [1.29, 1.82) is 0 Å². The number of hydrogen-bond acceptors (Lipinski definition) is 5. The Labute approximate surface area is 146 Å². The fourth-order valence-corrected chi connectivity index (χ4v) is 3.17. The van der Waals surface area contributed by atoms with E-state index < -0.39 is 0 Å². The Balaban J connectivity index is 1.92. The number of rotatable bonds is 4. The topological polar surface area (TPSA) is 92.1 Å². The molecule has 0 bridgehead atoms. The molecule has 0 aliphatic carbocycles. The summed E-state index contributed by atoms with van der Waals surface area (Å²) >= 11 is 0. The highest BCUT2D eigenvalue weighted by atomic mass is 16.5. The van der Waals surface area contributed by atoms with Gasteiger partial charge in [0.15, 0.2) is 5.82 Å². The lowest BCUT2D eigenvalue weighted by atomic mass is 10.0. The number of nitrogens with zero attached hydrogens (tertiary/aromatic N) is 3. The number of amides is 1. The molecule has 1 fully saturated rings. The van der Waals surface area contributed by atoms with E-state index in [9.17, 15) is 9.59 Å². The minimum Gasteiger partial charge on any atom is -0.337 e. The van der Waals surface area contributed by atoms with Crippen LogP contribution in [-0.2, 0) is 0 Å². The van der Waals surface area contributed by atoms with Gasteiger partial charge < -0.3 is 14.4 Å². The van der Waals surface area contributed by atoms with Crippen molar-refractivity contribution in [1.82, 2.24) is 20.0 Å². The summed E-state index contributed by atoms with van der Waals surface area (Å²) in [6, 6.07) is 2.80. The number of aromatic nitrogens is 3. The van der Waals surface area contributed by atoms with Gasteiger partial charge in [-0.15, -0.1) is 0 Å². The number of nitrogens with one attached hydrogen (secondary N) is 1. The van der Waals surface area contributed by atoms with Gasteiger partial charge in [-0.25, -0.2) is 0 Å². The fraction of sp³-hybridized carbons (Fsp3) is 0.556. The molecule has 1 aliphatic rings. The Hall–Kier alpha value is -2.44. The summed E-state index contributed by atoms with van der Waals surface area (Å²) < 4.78 is 5.41. The highest BCUT2D eigenvalue weighted by molar-refractivity contribution is 5.95. The zero-order valence-corrected chi connectivity index (χ0v) is 15.1. The van der Waals surface area contributed by atoms with Gasteiger partial charge in [-0.05, 0) is 24.8 Å². The molecule has 3 heterocycles. The maximum absolute atomic E-state index is 13.1. The molecular formula is C18H24N4O3. The second kappa shape index (κ2) is 6.82. The highest BCUT2D eigenvalue weighted by Gasteiger charge is 2.35.